The van der Waals surface area contributed by atoms with Gasteiger partial charge < -0.3 is 4.74 Å². The summed E-state index contributed by atoms with van der Waals surface area (Å²) >= 11 is 1.79. The molecule has 0 aromatic heterocycles. The van der Waals surface area contributed by atoms with Gasteiger partial charge in [-0.15, -0.1) is 0 Å². The molecule has 1 rings (SSSR count). The fraction of sp³-hybridized carbons (Fsp3) is 0.500. The van der Waals surface area contributed by atoms with Gasteiger partial charge in [-0.2, -0.15) is 11.8 Å². The molecule has 0 heterocycles. The number of thioether (sulfide) groups is 1. The predicted octanol–water partition coefficient (Wildman–Crippen LogP) is 3.58. The third-order valence-corrected chi connectivity index (χ3v) is 3.68. The molecule has 110 valence electrons. The average Bonchev–Trinajstić information content (AvgIpc) is 2.45. The number of methoxy groups -OCH3 is 1. The number of ether oxygens (including phenoxy) is 1. The van der Waals surface area contributed by atoms with E-state index in [-0.39, 0.29) is 12.0 Å². The number of benzene rings is 1. The third kappa shape index (κ3) is 6.75. The zero-order valence-electron chi connectivity index (χ0n) is 12.4. The van der Waals surface area contributed by atoms with Crippen molar-refractivity contribution in [1.82, 2.24) is 0 Å². The lowest BCUT2D eigenvalue weighted by Crippen LogP contribution is -2.22. The molecule has 20 heavy (non-hydrogen) atoms. The minimum absolute atomic E-state index is 0.247. The van der Waals surface area contributed by atoms with Crippen LogP contribution in [0.4, 0.5) is 0 Å². The van der Waals surface area contributed by atoms with Crippen LogP contribution in [0.25, 0.3) is 0 Å². The highest BCUT2D eigenvalue weighted by Crippen LogP contribution is 2.12. The van der Waals surface area contributed by atoms with E-state index in [0.29, 0.717) is 5.92 Å². The summed E-state index contributed by atoms with van der Waals surface area (Å²) < 4.78 is 4.78. The summed E-state index contributed by atoms with van der Waals surface area (Å²) in [6.07, 6.45) is 2.56. The standard InChI is InChI=1S/C16H23NO2S/c1-13(2)11-15(16(18)19-3)17-9-10-20-12-14-7-5-4-6-8-14/h4-9,13,15H,10-12H2,1-3H3. The molecule has 0 amide bonds. The Hall–Kier alpha value is -1.29. The lowest BCUT2D eigenvalue weighted by Gasteiger charge is -2.12. The number of hydrogen-bond donors (Lipinski definition) is 0. The Labute approximate surface area is 125 Å². The number of nitrogens with zero attached hydrogens (tertiary/aromatic N) is 1. The van der Waals surface area contributed by atoms with Gasteiger partial charge in [0.25, 0.3) is 0 Å². The first-order chi connectivity index (χ1) is 9.63. The number of hydrogen-bond acceptors (Lipinski definition) is 4. The molecular weight excluding hydrogens is 270 g/mol. The summed E-state index contributed by atoms with van der Waals surface area (Å²) in [5, 5.41) is 0. The zero-order valence-corrected chi connectivity index (χ0v) is 13.2. The summed E-state index contributed by atoms with van der Waals surface area (Å²) in [7, 11) is 1.41. The molecule has 0 saturated carbocycles. The van der Waals surface area contributed by atoms with Crippen molar-refractivity contribution in [1.29, 1.82) is 0 Å². The smallest absolute Gasteiger partial charge is 0.330 e. The van der Waals surface area contributed by atoms with Crippen LogP contribution in [-0.2, 0) is 15.3 Å². The van der Waals surface area contributed by atoms with E-state index < -0.39 is 0 Å². The number of carbonyl (C=O) groups is 1. The van der Waals surface area contributed by atoms with Gasteiger partial charge in [-0.1, -0.05) is 44.2 Å². The Morgan fingerprint density at radius 2 is 2.05 bits per heavy atom. The molecular formula is C16H23NO2S. The molecule has 0 spiro atoms. The van der Waals surface area contributed by atoms with Crippen LogP contribution in [0.2, 0.25) is 0 Å². The minimum atomic E-state index is -0.364. The van der Waals surface area contributed by atoms with Crippen molar-refractivity contribution < 1.29 is 9.53 Å². The van der Waals surface area contributed by atoms with Crippen molar-refractivity contribution in [3.8, 4) is 0 Å². The van der Waals surface area contributed by atoms with Gasteiger partial charge in [0, 0.05) is 17.7 Å². The molecule has 1 unspecified atom stereocenters. The van der Waals surface area contributed by atoms with E-state index >= 15 is 0 Å². The number of carbonyl (C=O) groups excluding carboxylic acids is 1. The van der Waals surface area contributed by atoms with Crippen molar-refractivity contribution in [2.45, 2.75) is 32.1 Å². The van der Waals surface area contributed by atoms with Gasteiger partial charge in [0.15, 0.2) is 0 Å². The Balaban J connectivity index is 2.35. The van der Waals surface area contributed by atoms with Gasteiger partial charge in [0.05, 0.1) is 7.11 Å². The summed E-state index contributed by atoms with van der Waals surface area (Å²) in [4.78, 5) is 15.9. The van der Waals surface area contributed by atoms with Crippen molar-refractivity contribution in [2.24, 2.45) is 10.9 Å². The van der Waals surface area contributed by atoms with E-state index in [9.17, 15) is 4.79 Å². The normalized spacial score (nSPS) is 12.8. The van der Waals surface area contributed by atoms with Crippen molar-refractivity contribution >= 4 is 23.9 Å². The maximum absolute atomic E-state index is 11.6. The van der Waals surface area contributed by atoms with Crippen LogP contribution in [0.15, 0.2) is 35.3 Å². The van der Waals surface area contributed by atoms with Crippen LogP contribution in [-0.4, -0.2) is 31.1 Å². The van der Waals surface area contributed by atoms with Gasteiger partial charge in [0.2, 0.25) is 0 Å². The number of esters is 1. The first-order valence-electron chi connectivity index (χ1n) is 6.84. The number of rotatable bonds is 8. The van der Waals surface area contributed by atoms with Crippen LogP contribution in [0.3, 0.4) is 0 Å². The lowest BCUT2D eigenvalue weighted by molar-refractivity contribution is -0.142. The highest BCUT2D eigenvalue weighted by Gasteiger charge is 2.18. The largest absolute Gasteiger partial charge is 0.467 e. The highest BCUT2D eigenvalue weighted by atomic mass is 32.2. The molecule has 0 N–H and O–H groups in total. The molecule has 0 radical (unpaired) electrons. The SMILES string of the molecule is COC(=O)C(CC(C)C)N=CCSCc1ccccc1. The van der Waals surface area contributed by atoms with Crippen LogP contribution in [0.1, 0.15) is 25.8 Å². The van der Waals surface area contributed by atoms with Gasteiger partial charge >= 0.3 is 5.97 Å². The molecule has 0 fully saturated rings. The van der Waals surface area contributed by atoms with Gasteiger partial charge in [0.1, 0.15) is 6.04 Å². The summed E-state index contributed by atoms with van der Waals surface area (Å²) in [5.74, 6) is 1.94. The molecule has 1 aromatic carbocycles. The van der Waals surface area contributed by atoms with Crippen molar-refractivity contribution in [3.05, 3.63) is 35.9 Å². The zero-order chi connectivity index (χ0) is 14.8. The molecule has 0 aliphatic rings. The van der Waals surface area contributed by atoms with E-state index in [0.717, 1.165) is 17.9 Å². The van der Waals surface area contributed by atoms with E-state index in [1.807, 2.05) is 24.4 Å². The van der Waals surface area contributed by atoms with Gasteiger partial charge in [-0.25, -0.2) is 4.79 Å². The van der Waals surface area contributed by atoms with Gasteiger partial charge in [-0.3, -0.25) is 4.99 Å². The monoisotopic (exact) mass is 293 g/mol. The topological polar surface area (TPSA) is 38.7 Å². The predicted molar refractivity (Wildman–Crippen MR) is 86.4 cm³/mol. The molecule has 1 aromatic rings. The second kappa shape index (κ2) is 9.59. The molecule has 1 atom stereocenters. The molecule has 0 bridgehead atoms. The van der Waals surface area contributed by atoms with E-state index in [4.69, 9.17) is 4.74 Å². The average molecular weight is 293 g/mol. The van der Waals surface area contributed by atoms with Crippen LogP contribution < -0.4 is 0 Å². The molecule has 4 heteroatoms. The highest BCUT2D eigenvalue weighted by molar-refractivity contribution is 7.99. The van der Waals surface area contributed by atoms with Gasteiger partial charge in [-0.05, 0) is 17.9 Å². The molecule has 0 saturated heterocycles. The first kappa shape index (κ1) is 16.8. The van der Waals surface area contributed by atoms with E-state index in [2.05, 4.69) is 31.0 Å². The van der Waals surface area contributed by atoms with Crippen LogP contribution in [0.5, 0.6) is 0 Å². The molecule has 0 aliphatic heterocycles. The fourth-order valence-electron chi connectivity index (χ4n) is 1.77. The molecule has 3 nitrogen and oxygen atoms in total. The van der Waals surface area contributed by atoms with Crippen LogP contribution >= 0.6 is 11.8 Å². The first-order valence-corrected chi connectivity index (χ1v) is 8.00. The summed E-state index contributed by atoms with van der Waals surface area (Å²) in [5.41, 5.74) is 1.30. The number of aliphatic imine (C=N–C) groups is 1. The third-order valence-electron chi connectivity index (χ3n) is 2.76. The summed E-state index contributed by atoms with van der Waals surface area (Å²) in [6.45, 7) is 4.16. The maximum Gasteiger partial charge on any atom is 0.330 e. The Kier molecular flexibility index (Phi) is 8.04. The van der Waals surface area contributed by atoms with E-state index in [1.165, 1.54) is 12.7 Å². The summed E-state index contributed by atoms with van der Waals surface area (Å²) in [6, 6.07) is 9.96. The minimum Gasteiger partial charge on any atom is -0.467 e. The quantitative estimate of drug-likeness (QED) is 0.418. The maximum atomic E-state index is 11.6. The lowest BCUT2D eigenvalue weighted by atomic mass is 10.0. The Bertz CT molecular complexity index is 418. The second-order valence-electron chi connectivity index (χ2n) is 5.00. The van der Waals surface area contributed by atoms with Crippen molar-refractivity contribution in [3.63, 3.8) is 0 Å². The second-order valence-corrected chi connectivity index (χ2v) is 6.03. The Morgan fingerprint density at radius 1 is 1.35 bits per heavy atom. The van der Waals surface area contributed by atoms with Crippen molar-refractivity contribution in [2.75, 3.05) is 12.9 Å². The fourth-order valence-corrected chi connectivity index (χ4v) is 2.51. The molecule has 0 aliphatic carbocycles. The Morgan fingerprint density at radius 3 is 2.65 bits per heavy atom. The van der Waals surface area contributed by atoms with Crippen LogP contribution in [0, 0.1) is 5.92 Å². The van der Waals surface area contributed by atoms with E-state index in [1.54, 1.807) is 11.8 Å².